The Kier molecular flexibility index (Phi) is 7.50. The van der Waals surface area contributed by atoms with Crippen LogP contribution >= 0.6 is 0 Å². The van der Waals surface area contributed by atoms with Crippen molar-refractivity contribution in [3.8, 4) is 0 Å². The van der Waals surface area contributed by atoms with E-state index in [1.54, 1.807) is 24.3 Å². The number of aliphatic hydroxyl groups is 1. The van der Waals surface area contributed by atoms with E-state index in [2.05, 4.69) is 4.90 Å². The average Bonchev–Trinajstić information content (AvgIpc) is 2.62. The van der Waals surface area contributed by atoms with E-state index in [1.165, 1.54) is 24.3 Å². The maximum Gasteiger partial charge on any atom is 0.123 e. The van der Waals surface area contributed by atoms with Gasteiger partial charge in [0.05, 0.1) is 12.7 Å². The molecule has 2 aromatic carbocycles. The third kappa shape index (κ3) is 5.88. The summed E-state index contributed by atoms with van der Waals surface area (Å²) in [6.07, 6.45) is -1.13. The van der Waals surface area contributed by atoms with Gasteiger partial charge in [-0.05, 0) is 48.5 Å². The average molecular weight is 349 g/mol. The van der Waals surface area contributed by atoms with Crippen molar-refractivity contribution in [2.75, 3.05) is 26.2 Å². The summed E-state index contributed by atoms with van der Waals surface area (Å²) < 4.78 is 32.3. The normalized spacial score (nSPS) is 12.8. The molecule has 0 unspecified atom stereocenters. The summed E-state index contributed by atoms with van der Waals surface area (Å²) in [4.78, 5) is 2.11. The predicted octanol–water partition coefficient (Wildman–Crippen LogP) is 3.77. The number of hydrogen-bond donors (Lipinski definition) is 1. The van der Waals surface area contributed by atoms with Gasteiger partial charge < -0.3 is 14.7 Å². The monoisotopic (exact) mass is 349 g/mol. The highest BCUT2D eigenvalue weighted by Gasteiger charge is 2.18. The summed E-state index contributed by atoms with van der Waals surface area (Å²) in [6, 6.07) is 12.0. The summed E-state index contributed by atoms with van der Waals surface area (Å²) in [5.74, 6) is -0.661. The molecule has 1 atom stereocenters. The third-order valence-electron chi connectivity index (χ3n) is 4.16. The van der Waals surface area contributed by atoms with E-state index in [0.29, 0.717) is 6.54 Å². The molecular weight excluding hydrogens is 324 g/mol. The van der Waals surface area contributed by atoms with Gasteiger partial charge >= 0.3 is 0 Å². The molecule has 136 valence electrons. The third-order valence-corrected chi connectivity index (χ3v) is 4.16. The number of halogens is 2. The van der Waals surface area contributed by atoms with Crippen LogP contribution in [0.5, 0.6) is 0 Å². The van der Waals surface area contributed by atoms with Crippen molar-refractivity contribution in [1.82, 2.24) is 4.90 Å². The molecule has 3 nitrogen and oxygen atoms in total. The van der Waals surface area contributed by atoms with E-state index in [0.717, 1.165) is 24.2 Å². The Balaban J connectivity index is 2.12. The highest BCUT2D eigenvalue weighted by molar-refractivity contribution is 5.30. The largest absolute Gasteiger partial charge is 0.389 e. The van der Waals surface area contributed by atoms with Crippen LogP contribution in [0.25, 0.3) is 0 Å². The molecule has 2 aromatic rings. The van der Waals surface area contributed by atoms with Gasteiger partial charge in [0.2, 0.25) is 0 Å². The molecule has 5 heteroatoms. The molecule has 0 aliphatic carbocycles. The molecule has 2 rings (SSSR count). The molecule has 0 saturated carbocycles. The molecule has 0 fully saturated rings. The van der Waals surface area contributed by atoms with E-state index in [4.69, 9.17) is 4.74 Å². The van der Waals surface area contributed by atoms with Crippen LogP contribution in [-0.2, 0) is 4.74 Å². The minimum atomic E-state index is -0.636. The molecule has 0 bridgehead atoms. The Hall–Kier alpha value is -1.82. The number of hydrogen-bond acceptors (Lipinski definition) is 3. The minimum absolute atomic E-state index is 0.135. The molecule has 0 aliphatic heterocycles. The molecule has 0 aliphatic rings. The Labute approximate surface area is 147 Å². The van der Waals surface area contributed by atoms with Crippen molar-refractivity contribution in [2.45, 2.75) is 26.1 Å². The van der Waals surface area contributed by atoms with E-state index in [9.17, 15) is 13.9 Å². The quantitative estimate of drug-likeness (QED) is 0.748. The van der Waals surface area contributed by atoms with E-state index < -0.39 is 12.2 Å². The smallest absolute Gasteiger partial charge is 0.123 e. The lowest BCUT2D eigenvalue weighted by atomic mass is 10.0. The number of benzene rings is 2. The van der Waals surface area contributed by atoms with Gasteiger partial charge in [-0.2, -0.15) is 0 Å². The number of nitrogens with zero attached hydrogens (tertiary/aromatic N) is 1. The van der Waals surface area contributed by atoms with Gasteiger partial charge in [-0.25, -0.2) is 8.78 Å². The summed E-state index contributed by atoms with van der Waals surface area (Å²) in [5.41, 5.74) is 1.51. The second-order valence-corrected chi connectivity index (χ2v) is 5.96. The lowest BCUT2D eigenvalue weighted by Gasteiger charge is -2.24. The minimum Gasteiger partial charge on any atom is -0.389 e. The van der Waals surface area contributed by atoms with Crippen LogP contribution in [0.15, 0.2) is 48.5 Å². The van der Waals surface area contributed by atoms with Crippen LogP contribution in [0.1, 0.15) is 31.1 Å². The van der Waals surface area contributed by atoms with Crippen molar-refractivity contribution < 1.29 is 18.6 Å². The highest BCUT2D eigenvalue weighted by Crippen LogP contribution is 2.26. The van der Waals surface area contributed by atoms with Gasteiger partial charge in [-0.15, -0.1) is 0 Å². The second kappa shape index (κ2) is 9.61. The number of ether oxygens (including phenoxy) is 1. The topological polar surface area (TPSA) is 32.7 Å². The van der Waals surface area contributed by atoms with E-state index in [-0.39, 0.29) is 18.2 Å². The van der Waals surface area contributed by atoms with Crippen LogP contribution in [0.4, 0.5) is 8.78 Å². The Morgan fingerprint density at radius 1 is 0.880 bits per heavy atom. The highest BCUT2D eigenvalue weighted by atomic mass is 19.1. The van der Waals surface area contributed by atoms with Crippen LogP contribution in [0, 0.1) is 11.6 Å². The molecule has 0 radical (unpaired) electrons. The molecule has 0 amide bonds. The van der Waals surface area contributed by atoms with Crippen molar-refractivity contribution in [3.05, 3.63) is 71.3 Å². The summed E-state index contributed by atoms with van der Waals surface area (Å²) in [7, 11) is 0. The Bertz CT molecular complexity index is 582. The number of likely N-dealkylation sites (N-methyl/N-ethyl adjacent to an activating group) is 1. The SMILES string of the molecule is CCN(CC)C[C@H](O)COC(c1ccc(F)cc1)c1ccc(F)cc1. The fourth-order valence-corrected chi connectivity index (χ4v) is 2.70. The number of rotatable bonds is 9. The summed E-state index contributed by atoms with van der Waals surface area (Å²) in [6.45, 7) is 6.44. The van der Waals surface area contributed by atoms with Crippen LogP contribution in [0.3, 0.4) is 0 Å². The first-order valence-corrected chi connectivity index (χ1v) is 8.56. The summed E-state index contributed by atoms with van der Waals surface area (Å²) >= 11 is 0. The maximum absolute atomic E-state index is 13.2. The van der Waals surface area contributed by atoms with Crippen molar-refractivity contribution in [3.63, 3.8) is 0 Å². The molecule has 0 heterocycles. The van der Waals surface area contributed by atoms with Crippen LogP contribution < -0.4 is 0 Å². The zero-order valence-corrected chi connectivity index (χ0v) is 14.7. The Morgan fingerprint density at radius 3 is 1.72 bits per heavy atom. The van der Waals surface area contributed by atoms with E-state index >= 15 is 0 Å². The second-order valence-electron chi connectivity index (χ2n) is 5.96. The molecule has 1 N–H and O–H groups in total. The zero-order chi connectivity index (χ0) is 18.2. The van der Waals surface area contributed by atoms with Gasteiger partial charge in [-0.1, -0.05) is 38.1 Å². The molecular formula is C20H25F2NO2. The lowest BCUT2D eigenvalue weighted by Crippen LogP contribution is -2.35. The van der Waals surface area contributed by atoms with Crippen LogP contribution in [-0.4, -0.2) is 42.4 Å². The maximum atomic E-state index is 13.2. The van der Waals surface area contributed by atoms with Gasteiger partial charge in [0.1, 0.15) is 17.7 Å². The molecule has 25 heavy (non-hydrogen) atoms. The van der Waals surface area contributed by atoms with Gasteiger partial charge in [0.15, 0.2) is 0 Å². The van der Waals surface area contributed by atoms with Crippen molar-refractivity contribution in [1.29, 1.82) is 0 Å². The van der Waals surface area contributed by atoms with Crippen molar-refractivity contribution >= 4 is 0 Å². The fourth-order valence-electron chi connectivity index (χ4n) is 2.70. The van der Waals surface area contributed by atoms with E-state index in [1.807, 2.05) is 13.8 Å². The standard InChI is InChI=1S/C20H25F2NO2/c1-3-23(4-2)13-19(24)14-25-20(15-5-9-17(21)10-6-15)16-7-11-18(22)12-8-16/h5-12,19-20,24H,3-4,13-14H2,1-2H3/t19-/m0/s1. The number of aliphatic hydroxyl groups excluding tert-OH is 1. The Morgan fingerprint density at radius 2 is 1.32 bits per heavy atom. The molecule has 0 aromatic heterocycles. The fraction of sp³-hybridized carbons (Fsp3) is 0.400. The summed E-state index contributed by atoms with van der Waals surface area (Å²) in [5, 5.41) is 10.2. The van der Waals surface area contributed by atoms with Gasteiger partial charge in [0.25, 0.3) is 0 Å². The van der Waals surface area contributed by atoms with Crippen LogP contribution in [0.2, 0.25) is 0 Å². The first-order chi connectivity index (χ1) is 12.0. The molecule has 0 spiro atoms. The van der Waals surface area contributed by atoms with Gasteiger partial charge in [-0.3, -0.25) is 0 Å². The van der Waals surface area contributed by atoms with Crippen molar-refractivity contribution in [2.24, 2.45) is 0 Å². The molecule has 0 saturated heterocycles. The first-order valence-electron chi connectivity index (χ1n) is 8.56. The lowest BCUT2D eigenvalue weighted by molar-refractivity contribution is -0.00724. The first kappa shape index (κ1) is 19.5. The zero-order valence-electron chi connectivity index (χ0n) is 14.7. The predicted molar refractivity (Wildman–Crippen MR) is 94.4 cm³/mol. The van der Waals surface area contributed by atoms with Gasteiger partial charge in [0, 0.05) is 6.54 Å².